The minimum absolute atomic E-state index is 0.355. The van der Waals surface area contributed by atoms with Crippen molar-refractivity contribution in [3.05, 3.63) is 17.3 Å². The summed E-state index contributed by atoms with van der Waals surface area (Å²) in [4.78, 5) is 14.1. The topological polar surface area (TPSA) is 69.6 Å². The Morgan fingerprint density at radius 3 is 2.44 bits per heavy atom. The lowest BCUT2D eigenvalue weighted by Crippen LogP contribution is -2.48. The van der Waals surface area contributed by atoms with Crippen LogP contribution < -0.4 is 4.90 Å². The van der Waals surface area contributed by atoms with Crippen LogP contribution in [0.2, 0.25) is 5.15 Å². The first-order valence-corrected chi connectivity index (χ1v) is 5.26. The molecule has 2 rings (SSSR count). The molecule has 16 heavy (non-hydrogen) atoms. The molecule has 1 amide bonds. The summed E-state index contributed by atoms with van der Waals surface area (Å²) in [5, 5.41) is 16.9. The normalized spacial score (nSPS) is 16.3. The molecule has 0 aliphatic carbocycles. The number of carboxylic acid groups (broad SMARTS) is 1. The Morgan fingerprint density at radius 2 is 1.94 bits per heavy atom. The van der Waals surface area contributed by atoms with E-state index in [2.05, 4.69) is 10.2 Å². The van der Waals surface area contributed by atoms with Gasteiger partial charge in [-0.1, -0.05) is 11.6 Å². The van der Waals surface area contributed by atoms with Crippen LogP contribution in [0.15, 0.2) is 12.1 Å². The first-order chi connectivity index (χ1) is 7.66. The lowest BCUT2D eigenvalue weighted by Gasteiger charge is -2.33. The standard InChI is InChI=1S/C9H11ClN4O2/c10-7-1-2-8(12-11-7)13-3-5-14(6-4-13)9(15)16/h1-2H,3-6H2,(H,15,16). The minimum Gasteiger partial charge on any atom is -0.465 e. The van der Waals surface area contributed by atoms with Gasteiger partial charge < -0.3 is 14.9 Å². The van der Waals surface area contributed by atoms with E-state index in [0.717, 1.165) is 5.82 Å². The van der Waals surface area contributed by atoms with E-state index >= 15 is 0 Å². The summed E-state index contributed by atoms with van der Waals surface area (Å²) in [6, 6.07) is 3.46. The summed E-state index contributed by atoms with van der Waals surface area (Å²) in [6.07, 6.45) is -0.873. The summed E-state index contributed by atoms with van der Waals surface area (Å²) < 4.78 is 0. The van der Waals surface area contributed by atoms with E-state index in [0.29, 0.717) is 31.3 Å². The molecule has 1 aromatic heterocycles. The SMILES string of the molecule is O=C(O)N1CCN(c2ccc(Cl)nn2)CC1. The third kappa shape index (κ3) is 2.33. The zero-order chi connectivity index (χ0) is 11.5. The molecule has 6 nitrogen and oxygen atoms in total. The highest BCUT2D eigenvalue weighted by Gasteiger charge is 2.21. The Morgan fingerprint density at radius 1 is 1.25 bits per heavy atom. The van der Waals surface area contributed by atoms with Gasteiger partial charge in [-0.25, -0.2) is 4.79 Å². The summed E-state index contributed by atoms with van der Waals surface area (Å²) in [7, 11) is 0. The highest BCUT2D eigenvalue weighted by molar-refractivity contribution is 6.29. The summed E-state index contributed by atoms with van der Waals surface area (Å²) in [5.74, 6) is 0.731. The van der Waals surface area contributed by atoms with Crippen LogP contribution in [0.3, 0.4) is 0 Å². The molecule has 0 unspecified atom stereocenters. The van der Waals surface area contributed by atoms with Crippen molar-refractivity contribution in [2.24, 2.45) is 0 Å². The van der Waals surface area contributed by atoms with Crippen LogP contribution >= 0.6 is 11.6 Å². The van der Waals surface area contributed by atoms with Gasteiger partial charge in [0.15, 0.2) is 11.0 Å². The zero-order valence-electron chi connectivity index (χ0n) is 8.51. The van der Waals surface area contributed by atoms with Gasteiger partial charge in [0, 0.05) is 26.2 Å². The minimum atomic E-state index is -0.873. The molecule has 0 aromatic carbocycles. The Bertz CT molecular complexity index is 376. The molecular weight excluding hydrogens is 232 g/mol. The lowest BCUT2D eigenvalue weighted by molar-refractivity contribution is 0.142. The van der Waals surface area contributed by atoms with E-state index in [9.17, 15) is 4.79 Å². The van der Waals surface area contributed by atoms with Crippen LogP contribution in [0.5, 0.6) is 0 Å². The first kappa shape index (κ1) is 10.9. The number of rotatable bonds is 1. The maximum atomic E-state index is 10.7. The molecule has 2 heterocycles. The van der Waals surface area contributed by atoms with Crippen molar-refractivity contribution < 1.29 is 9.90 Å². The lowest BCUT2D eigenvalue weighted by atomic mass is 10.3. The fourth-order valence-electron chi connectivity index (χ4n) is 1.60. The Hall–Kier alpha value is -1.56. The van der Waals surface area contributed by atoms with Gasteiger partial charge in [0.05, 0.1) is 0 Å². The van der Waals surface area contributed by atoms with E-state index in [4.69, 9.17) is 16.7 Å². The third-order valence-electron chi connectivity index (χ3n) is 2.49. The van der Waals surface area contributed by atoms with E-state index in [1.165, 1.54) is 4.90 Å². The molecule has 7 heteroatoms. The van der Waals surface area contributed by atoms with Crippen LogP contribution in [-0.2, 0) is 0 Å². The maximum Gasteiger partial charge on any atom is 0.407 e. The van der Waals surface area contributed by atoms with E-state index in [1.807, 2.05) is 4.90 Å². The highest BCUT2D eigenvalue weighted by Crippen LogP contribution is 2.14. The fourth-order valence-corrected chi connectivity index (χ4v) is 1.71. The average molecular weight is 243 g/mol. The Balaban J connectivity index is 1.99. The number of nitrogens with zero attached hydrogens (tertiary/aromatic N) is 4. The number of amides is 1. The number of halogens is 1. The predicted octanol–water partition coefficient (Wildman–Crippen LogP) is 0.930. The van der Waals surface area contributed by atoms with Crippen LogP contribution in [0.4, 0.5) is 10.6 Å². The molecule has 1 aromatic rings. The maximum absolute atomic E-state index is 10.7. The first-order valence-electron chi connectivity index (χ1n) is 4.89. The molecule has 0 spiro atoms. The van der Waals surface area contributed by atoms with Gasteiger partial charge in [-0.15, -0.1) is 10.2 Å². The Kier molecular flexibility index (Phi) is 3.09. The van der Waals surface area contributed by atoms with Gasteiger partial charge in [-0.05, 0) is 12.1 Å². The third-order valence-corrected chi connectivity index (χ3v) is 2.69. The van der Waals surface area contributed by atoms with Crippen molar-refractivity contribution in [2.75, 3.05) is 31.1 Å². The number of hydrogen-bond acceptors (Lipinski definition) is 4. The van der Waals surface area contributed by atoms with Crippen molar-refractivity contribution in [3.8, 4) is 0 Å². The van der Waals surface area contributed by atoms with Crippen LogP contribution in [0, 0.1) is 0 Å². The van der Waals surface area contributed by atoms with Crippen molar-refractivity contribution in [3.63, 3.8) is 0 Å². The van der Waals surface area contributed by atoms with Crippen LogP contribution in [0.25, 0.3) is 0 Å². The molecule has 0 atom stereocenters. The van der Waals surface area contributed by atoms with Crippen molar-refractivity contribution in [1.82, 2.24) is 15.1 Å². The number of carbonyl (C=O) groups is 1. The predicted molar refractivity (Wildman–Crippen MR) is 58.9 cm³/mol. The number of piperazine rings is 1. The van der Waals surface area contributed by atoms with Gasteiger partial charge in [0.2, 0.25) is 0 Å². The molecule has 1 saturated heterocycles. The number of anilines is 1. The average Bonchev–Trinajstić information content (AvgIpc) is 2.30. The summed E-state index contributed by atoms with van der Waals surface area (Å²) >= 11 is 5.64. The molecule has 0 radical (unpaired) electrons. The zero-order valence-corrected chi connectivity index (χ0v) is 9.26. The second-order valence-corrected chi connectivity index (χ2v) is 3.86. The molecular formula is C9H11ClN4O2. The largest absolute Gasteiger partial charge is 0.465 e. The van der Waals surface area contributed by atoms with Gasteiger partial charge >= 0.3 is 6.09 Å². The van der Waals surface area contributed by atoms with Gasteiger partial charge in [-0.2, -0.15) is 0 Å². The summed E-state index contributed by atoms with van der Waals surface area (Å²) in [5.41, 5.74) is 0. The quantitative estimate of drug-likeness (QED) is 0.793. The second kappa shape index (κ2) is 4.52. The second-order valence-electron chi connectivity index (χ2n) is 3.47. The number of aromatic nitrogens is 2. The van der Waals surface area contributed by atoms with Crippen LogP contribution in [-0.4, -0.2) is 52.5 Å². The molecule has 1 fully saturated rings. The highest BCUT2D eigenvalue weighted by atomic mass is 35.5. The molecule has 1 aliphatic rings. The monoisotopic (exact) mass is 242 g/mol. The van der Waals surface area contributed by atoms with E-state index in [-0.39, 0.29) is 0 Å². The van der Waals surface area contributed by atoms with Crippen molar-refractivity contribution in [1.29, 1.82) is 0 Å². The van der Waals surface area contributed by atoms with Gasteiger partial charge in [-0.3, -0.25) is 0 Å². The van der Waals surface area contributed by atoms with Crippen molar-refractivity contribution >= 4 is 23.5 Å². The van der Waals surface area contributed by atoms with Gasteiger partial charge in [0.25, 0.3) is 0 Å². The van der Waals surface area contributed by atoms with Crippen LogP contribution in [0.1, 0.15) is 0 Å². The van der Waals surface area contributed by atoms with Gasteiger partial charge in [0.1, 0.15) is 0 Å². The summed E-state index contributed by atoms with van der Waals surface area (Å²) in [6.45, 7) is 2.23. The Labute approximate surface area is 97.4 Å². The molecule has 86 valence electrons. The van der Waals surface area contributed by atoms with E-state index in [1.54, 1.807) is 12.1 Å². The van der Waals surface area contributed by atoms with E-state index < -0.39 is 6.09 Å². The fraction of sp³-hybridized carbons (Fsp3) is 0.444. The number of hydrogen-bond donors (Lipinski definition) is 1. The molecule has 1 N–H and O–H groups in total. The van der Waals surface area contributed by atoms with Crippen molar-refractivity contribution in [2.45, 2.75) is 0 Å². The smallest absolute Gasteiger partial charge is 0.407 e. The molecule has 1 aliphatic heterocycles. The molecule has 0 bridgehead atoms. The molecule has 0 saturated carbocycles.